The van der Waals surface area contributed by atoms with E-state index in [0.29, 0.717) is 60.6 Å². The summed E-state index contributed by atoms with van der Waals surface area (Å²) >= 11 is 0. The molecular formula is C111H205N15O. The van der Waals surface area contributed by atoms with Crippen LogP contribution < -0.4 is 0 Å². The zero-order valence-electron chi connectivity index (χ0n) is 92.3. The molecule has 12 heterocycles. The van der Waals surface area contributed by atoms with Crippen LogP contribution in [0.4, 0.5) is 0 Å². The second kappa shape index (κ2) is 40.5. The van der Waals surface area contributed by atoms with Gasteiger partial charge in [-0.25, -0.2) is 0 Å². The Morgan fingerprint density at radius 1 is 0.307 bits per heavy atom. The molecular weight excluding hydrogens is 1560 g/mol. The first-order chi connectivity index (χ1) is 57.1. The van der Waals surface area contributed by atoms with Gasteiger partial charge in [-0.05, 0) is 296 Å². The van der Waals surface area contributed by atoms with E-state index in [2.05, 4.69) is 429 Å². The van der Waals surface area contributed by atoms with Gasteiger partial charge in [-0.15, -0.1) is 0 Å². The molecule has 2 aromatic heterocycles. The molecule has 0 saturated carbocycles. The summed E-state index contributed by atoms with van der Waals surface area (Å²) in [5.41, 5.74) is 15.5. The molecule has 0 N–H and O–H groups in total. The highest BCUT2D eigenvalue weighted by atomic mass is 16.5. The Kier molecular flexibility index (Phi) is 35.3. The van der Waals surface area contributed by atoms with Crippen LogP contribution in [0, 0.1) is 28.1 Å². The Labute approximate surface area is 786 Å². The van der Waals surface area contributed by atoms with Crippen LogP contribution in [0.5, 0.6) is 0 Å². The number of nitrogens with zero attached hydrogens (tertiary/aromatic N) is 15. The lowest BCUT2D eigenvalue weighted by atomic mass is 9.70. The Bertz CT molecular complexity index is 3680. The molecule has 10 aliphatic heterocycles. The van der Waals surface area contributed by atoms with Gasteiger partial charge in [-0.2, -0.15) is 10.2 Å². The normalized spacial score (nSPS) is 23.4. The van der Waals surface area contributed by atoms with E-state index in [1.54, 1.807) is 5.57 Å². The highest BCUT2D eigenvalue weighted by Crippen LogP contribution is 2.47. The summed E-state index contributed by atoms with van der Waals surface area (Å²) < 4.78 is 6.22. The van der Waals surface area contributed by atoms with E-state index in [4.69, 9.17) is 4.74 Å². The average molecular weight is 1770 g/mol. The minimum absolute atomic E-state index is 0.0867. The molecule has 1 aromatic carbocycles. The van der Waals surface area contributed by atoms with Crippen molar-refractivity contribution in [2.75, 3.05) is 158 Å². The molecule has 16 nitrogen and oxygen atoms in total. The molecule has 730 valence electrons. The first-order valence-corrected chi connectivity index (χ1v) is 50.5. The third kappa shape index (κ3) is 32.1. The van der Waals surface area contributed by atoms with Gasteiger partial charge >= 0.3 is 0 Å². The largest absolute Gasteiger partial charge is 0.372 e. The fraction of sp³-hybridized carbons (Fsp3) is 0.856. The maximum absolute atomic E-state index is 6.22. The number of benzene rings is 1. The molecule has 1 aliphatic carbocycles. The number of allylic oxidation sites excluding steroid dienone is 1. The van der Waals surface area contributed by atoms with Gasteiger partial charge in [0.05, 0.1) is 35.0 Å². The van der Waals surface area contributed by atoms with Crippen molar-refractivity contribution in [1.29, 1.82) is 0 Å². The highest BCUT2D eigenvalue weighted by molar-refractivity contribution is 5.66. The molecule has 0 unspecified atom stereocenters. The second-order valence-corrected chi connectivity index (χ2v) is 56.6. The summed E-state index contributed by atoms with van der Waals surface area (Å²) in [7, 11) is 2.21. The molecule has 0 radical (unpaired) electrons. The lowest BCUT2D eigenvalue weighted by Crippen LogP contribution is -2.73. The SMILES string of the molecule is CC(C)(C)C1=Cc2cc(C(C)(C)C)ccc2C1.CC(C)(C)N1CC2CN(C(C)(C)C)CC2C1.CC(C)(C)N1CCC2(CC1)CN(C(C)(C)C)C2.CC(C)(C)N1CCC2(CC1)CN(C(C)(C)C)CCO2.CC(C)(C)N1CCN2CCN(C(C)(C)C)CC2C1.CC(C)(C)c1ccc(C(C)(C)C)nn1.CC(C)(C)c1cnc(C(C)(C)C)cn1.CN1CC2(C1)CN(C(C)(C)C)C2. The van der Waals surface area contributed by atoms with E-state index < -0.39 is 0 Å². The van der Waals surface area contributed by atoms with E-state index in [0.717, 1.165) is 66.8 Å². The van der Waals surface area contributed by atoms with Crippen molar-refractivity contribution in [1.82, 2.24) is 74.1 Å². The van der Waals surface area contributed by atoms with Crippen LogP contribution in [0.15, 0.2) is 48.3 Å². The van der Waals surface area contributed by atoms with Crippen molar-refractivity contribution in [2.24, 2.45) is 28.1 Å². The molecule has 127 heavy (non-hydrogen) atoms. The fourth-order valence-electron chi connectivity index (χ4n) is 19.8. The van der Waals surface area contributed by atoms with Crippen LogP contribution >= 0.6 is 0 Å². The van der Waals surface area contributed by atoms with Crippen LogP contribution in [0.2, 0.25) is 0 Å². The van der Waals surface area contributed by atoms with Crippen LogP contribution in [0.1, 0.15) is 377 Å². The van der Waals surface area contributed by atoms with Gasteiger partial charge in [0.15, 0.2) is 0 Å². The van der Waals surface area contributed by atoms with Crippen molar-refractivity contribution >= 4 is 6.08 Å². The van der Waals surface area contributed by atoms with Gasteiger partial charge in [-0.3, -0.25) is 59.0 Å². The van der Waals surface area contributed by atoms with Crippen molar-refractivity contribution in [3.05, 3.63) is 87.8 Å². The van der Waals surface area contributed by atoms with Gasteiger partial charge in [-0.1, -0.05) is 154 Å². The lowest BCUT2D eigenvalue weighted by Gasteiger charge is -2.63. The Morgan fingerprint density at radius 2 is 0.654 bits per heavy atom. The van der Waals surface area contributed by atoms with E-state index in [1.165, 1.54) is 173 Å². The molecule has 10 saturated heterocycles. The minimum atomic E-state index is 0.0867. The van der Waals surface area contributed by atoms with Gasteiger partial charge in [0, 0.05) is 226 Å². The number of rotatable bonds is 0. The predicted octanol–water partition coefficient (Wildman–Crippen LogP) is 22.2. The minimum Gasteiger partial charge on any atom is -0.372 e. The summed E-state index contributed by atoms with van der Waals surface area (Å²) in [5, 5.41) is 8.53. The number of morpholine rings is 1. The van der Waals surface area contributed by atoms with Crippen molar-refractivity contribution in [3.63, 3.8) is 0 Å². The fourth-order valence-corrected chi connectivity index (χ4v) is 19.8. The highest BCUT2D eigenvalue weighted by Gasteiger charge is 2.54. The maximum Gasteiger partial charge on any atom is 0.0834 e. The number of fused-ring (bicyclic) bond motifs is 3. The van der Waals surface area contributed by atoms with Crippen molar-refractivity contribution in [3.8, 4) is 0 Å². The summed E-state index contributed by atoms with van der Waals surface area (Å²) in [4.78, 5) is 37.7. The quantitative estimate of drug-likeness (QED) is 0.213. The number of hydrogen-bond acceptors (Lipinski definition) is 16. The van der Waals surface area contributed by atoms with Gasteiger partial charge in [0.25, 0.3) is 0 Å². The maximum atomic E-state index is 6.22. The second-order valence-electron chi connectivity index (χ2n) is 56.6. The molecule has 3 aromatic rings. The van der Waals surface area contributed by atoms with Gasteiger partial charge in [0.2, 0.25) is 0 Å². The molecule has 0 amide bonds. The van der Waals surface area contributed by atoms with Crippen molar-refractivity contribution < 1.29 is 4.74 Å². The summed E-state index contributed by atoms with van der Waals surface area (Å²) in [6.45, 7) is 131. The summed E-state index contributed by atoms with van der Waals surface area (Å²) in [6.07, 6.45) is 12.5. The standard InChI is InChI=1S/C17H24.C16H32N2O.C15H31N3.C15H30N2.C14H28N2.2C12H20N2.C10H20N2/c1-16(2,3)14-8-7-12-9-15(17(4,5)6)11-13(12)10-14;1-14(2,3)17-9-7-16(8-10-17)13-18(11-12-19-16)15(4,5)6;1-14(2,3)17-9-7-16-8-10-18(15(4,5)6)12-13(16)11-17;1-13(2,3)16-9-7-15(8-10-16)11-17(12-15)14(4,5)6;1-13(2,3)15-7-11-9-16(14(4,5)6)10-12(11)8-15;1-11(2,3)9-7-14-10(8-13-9)12(4,5)6;1-11(2,3)9-7-8-10(14-13-9)12(4,5)6;1-9(2,3)12-7-10(8-12)5-11(4)6-10/h7-8,10-11H,9H2,1-6H3;7-13H2,1-6H3;13H,7-12H2,1-6H3;7-12H2,1-6H3;11-12H,7-10H2,1-6H3;2*7-8H,1-6H3;5-8H2,1-4H3. The third-order valence-electron chi connectivity index (χ3n) is 29.9. The summed E-state index contributed by atoms with van der Waals surface area (Å²) in [5.74, 6) is 1.83. The number of ether oxygens (including phenoxy) is 1. The number of hydrogen-bond donors (Lipinski definition) is 0. The Morgan fingerprint density at radius 3 is 0.961 bits per heavy atom. The van der Waals surface area contributed by atoms with E-state index >= 15 is 0 Å². The van der Waals surface area contributed by atoms with Gasteiger partial charge in [0.1, 0.15) is 0 Å². The lowest BCUT2D eigenvalue weighted by molar-refractivity contribution is -0.156. The topological polar surface area (TPSA) is 96.4 Å². The number of piperidine rings is 2. The number of likely N-dealkylation sites (tertiary alicyclic amines) is 7. The molecule has 16 heteroatoms. The van der Waals surface area contributed by atoms with Crippen LogP contribution in [-0.4, -0.2) is 293 Å². The van der Waals surface area contributed by atoms with Crippen LogP contribution in [0.25, 0.3) is 6.08 Å². The zero-order valence-corrected chi connectivity index (χ0v) is 92.3. The van der Waals surface area contributed by atoms with Crippen molar-refractivity contribution in [2.45, 2.75) is 432 Å². The molecule has 10 fully saturated rings. The average Bonchev–Trinajstić information content (AvgIpc) is 1.41. The first kappa shape index (κ1) is 111. The van der Waals surface area contributed by atoms with Gasteiger partial charge < -0.3 is 9.64 Å². The molecule has 0 atom stereocenters. The molecule has 0 bridgehead atoms. The zero-order chi connectivity index (χ0) is 96.7. The third-order valence-corrected chi connectivity index (χ3v) is 29.9. The molecule has 11 aliphatic rings. The van der Waals surface area contributed by atoms with E-state index in [1.807, 2.05) is 12.4 Å². The molecule has 14 rings (SSSR count). The van der Waals surface area contributed by atoms with E-state index in [-0.39, 0.29) is 38.2 Å². The number of piperazine rings is 2. The molecule has 3 spiro atoms. The van der Waals surface area contributed by atoms with Crippen LogP contribution in [-0.2, 0) is 38.2 Å². The monoisotopic (exact) mass is 1760 g/mol. The predicted molar refractivity (Wildman–Crippen MR) is 549 cm³/mol. The smallest absolute Gasteiger partial charge is 0.0834 e. The van der Waals surface area contributed by atoms with Crippen LogP contribution in [0.3, 0.4) is 0 Å². The summed E-state index contributed by atoms with van der Waals surface area (Å²) in [6, 6.07) is 11.9. The first-order valence-electron chi connectivity index (χ1n) is 50.5. The Balaban J connectivity index is 0.000000200. The Hall–Kier alpha value is -3.36. The van der Waals surface area contributed by atoms with E-state index in [9.17, 15) is 0 Å². The number of aromatic nitrogens is 4.